The van der Waals surface area contributed by atoms with Gasteiger partial charge in [-0.1, -0.05) is 26.7 Å². The lowest BCUT2D eigenvalue weighted by molar-refractivity contribution is 0.595. The number of nitrogens with one attached hydrogen (secondary N) is 1. The minimum atomic E-state index is 0.598. The molecule has 1 rings (SSSR count). The molecule has 14 heavy (non-hydrogen) atoms. The average molecular weight is 194 g/mol. The summed E-state index contributed by atoms with van der Waals surface area (Å²) in [5, 5.41) is 4.35. The smallest absolute Gasteiger partial charge is 0.0423 e. The first-order chi connectivity index (χ1) is 6.70. The van der Waals surface area contributed by atoms with Crippen molar-refractivity contribution in [3.63, 3.8) is 0 Å². The van der Waals surface area contributed by atoms with E-state index in [1.807, 2.05) is 0 Å². The van der Waals surface area contributed by atoms with Crippen LogP contribution in [0, 0.1) is 5.92 Å². The standard InChI is InChI=1S/C12H22N2/c1-5-7-8-12-10(4)14-13-9(3)11(12)6-2/h12-13H,5-8H2,1-4H3. The summed E-state index contributed by atoms with van der Waals surface area (Å²) in [5.74, 6) is 0.598. The van der Waals surface area contributed by atoms with Crippen LogP contribution in [-0.4, -0.2) is 5.71 Å². The zero-order valence-corrected chi connectivity index (χ0v) is 9.85. The summed E-state index contributed by atoms with van der Waals surface area (Å²) in [6, 6.07) is 0. The molecule has 1 aliphatic heterocycles. The van der Waals surface area contributed by atoms with E-state index in [1.165, 1.54) is 30.7 Å². The van der Waals surface area contributed by atoms with E-state index in [9.17, 15) is 0 Å². The lowest BCUT2D eigenvalue weighted by atomic mass is 9.86. The highest BCUT2D eigenvalue weighted by Gasteiger charge is 2.21. The molecule has 2 heteroatoms. The number of allylic oxidation sites excluding steroid dienone is 2. The summed E-state index contributed by atoms with van der Waals surface area (Å²) in [6.07, 6.45) is 4.97. The van der Waals surface area contributed by atoms with Gasteiger partial charge in [-0.05, 0) is 32.3 Å². The number of rotatable bonds is 4. The van der Waals surface area contributed by atoms with Crippen molar-refractivity contribution >= 4 is 5.71 Å². The molecule has 0 aromatic heterocycles. The van der Waals surface area contributed by atoms with Crippen molar-refractivity contribution < 1.29 is 0 Å². The van der Waals surface area contributed by atoms with Gasteiger partial charge in [0.2, 0.25) is 0 Å². The highest BCUT2D eigenvalue weighted by Crippen LogP contribution is 2.27. The third kappa shape index (κ3) is 2.37. The Morgan fingerprint density at radius 3 is 2.57 bits per heavy atom. The molecule has 0 amide bonds. The topological polar surface area (TPSA) is 24.4 Å². The molecule has 0 spiro atoms. The molecule has 0 radical (unpaired) electrons. The van der Waals surface area contributed by atoms with Crippen molar-refractivity contribution in [3.05, 3.63) is 11.3 Å². The minimum absolute atomic E-state index is 0.598. The average Bonchev–Trinajstić information content (AvgIpc) is 2.19. The zero-order chi connectivity index (χ0) is 10.6. The van der Waals surface area contributed by atoms with Gasteiger partial charge in [-0.25, -0.2) is 0 Å². The number of unbranched alkanes of at least 4 members (excludes halogenated alkanes) is 1. The Kier molecular flexibility index (Phi) is 4.18. The summed E-state index contributed by atoms with van der Waals surface area (Å²) in [7, 11) is 0. The quantitative estimate of drug-likeness (QED) is 0.728. The van der Waals surface area contributed by atoms with E-state index in [1.54, 1.807) is 5.57 Å². The van der Waals surface area contributed by atoms with Gasteiger partial charge in [-0.3, -0.25) is 5.43 Å². The van der Waals surface area contributed by atoms with Crippen molar-refractivity contribution in [2.75, 3.05) is 0 Å². The molecular weight excluding hydrogens is 172 g/mol. The second-order valence-corrected chi connectivity index (χ2v) is 4.06. The summed E-state index contributed by atoms with van der Waals surface area (Å²) < 4.78 is 0. The van der Waals surface area contributed by atoms with Gasteiger partial charge in [-0.2, -0.15) is 5.10 Å². The van der Waals surface area contributed by atoms with Crippen LogP contribution in [0.3, 0.4) is 0 Å². The van der Waals surface area contributed by atoms with Gasteiger partial charge < -0.3 is 0 Å². The first-order valence-electron chi connectivity index (χ1n) is 5.70. The van der Waals surface area contributed by atoms with E-state index < -0.39 is 0 Å². The minimum Gasteiger partial charge on any atom is -0.283 e. The molecule has 0 saturated heterocycles. The molecule has 1 aliphatic rings. The van der Waals surface area contributed by atoms with Crippen LogP contribution in [0.4, 0.5) is 0 Å². The van der Waals surface area contributed by atoms with Gasteiger partial charge in [0.25, 0.3) is 0 Å². The Hall–Kier alpha value is -0.790. The molecule has 0 aromatic carbocycles. The van der Waals surface area contributed by atoms with E-state index in [4.69, 9.17) is 0 Å². The van der Waals surface area contributed by atoms with Gasteiger partial charge in [-0.15, -0.1) is 0 Å². The summed E-state index contributed by atoms with van der Waals surface area (Å²) in [6.45, 7) is 8.75. The molecular formula is C12H22N2. The molecule has 1 unspecified atom stereocenters. The Bertz CT molecular complexity index is 251. The number of hydrazone groups is 1. The van der Waals surface area contributed by atoms with E-state index in [0.29, 0.717) is 5.92 Å². The van der Waals surface area contributed by atoms with Crippen molar-refractivity contribution in [1.82, 2.24) is 5.43 Å². The first kappa shape index (κ1) is 11.3. The Morgan fingerprint density at radius 1 is 1.29 bits per heavy atom. The molecule has 1 heterocycles. The van der Waals surface area contributed by atoms with Gasteiger partial charge in [0.15, 0.2) is 0 Å². The number of hydrogen-bond acceptors (Lipinski definition) is 2. The fourth-order valence-electron chi connectivity index (χ4n) is 2.14. The van der Waals surface area contributed by atoms with Crippen LogP contribution in [0.15, 0.2) is 16.4 Å². The second-order valence-electron chi connectivity index (χ2n) is 4.06. The van der Waals surface area contributed by atoms with E-state index in [0.717, 1.165) is 6.42 Å². The summed E-state index contributed by atoms with van der Waals surface area (Å²) >= 11 is 0. The maximum absolute atomic E-state index is 4.35. The predicted octanol–water partition coefficient (Wildman–Crippen LogP) is 3.46. The highest BCUT2D eigenvalue weighted by atomic mass is 15.3. The van der Waals surface area contributed by atoms with Crippen LogP contribution in [0.25, 0.3) is 0 Å². The van der Waals surface area contributed by atoms with E-state index in [2.05, 4.69) is 38.2 Å². The fraction of sp³-hybridized carbons (Fsp3) is 0.750. The van der Waals surface area contributed by atoms with Crippen LogP contribution >= 0.6 is 0 Å². The molecule has 0 bridgehead atoms. The van der Waals surface area contributed by atoms with Crippen LogP contribution in [0.2, 0.25) is 0 Å². The van der Waals surface area contributed by atoms with Crippen LogP contribution in [0.1, 0.15) is 53.4 Å². The monoisotopic (exact) mass is 194 g/mol. The lowest BCUT2D eigenvalue weighted by Gasteiger charge is -2.26. The molecule has 1 N–H and O–H groups in total. The Morgan fingerprint density at radius 2 is 2.00 bits per heavy atom. The number of hydrogen-bond donors (Lipinski definition) is 1. The maximum atomic E-state index is 4.35. The number of nitrogens with zero attached hydrogens (tertiary/aromatic N) is 1. The van der Waals surface area contributed by atoms with Gasteiger partial charge >= 0.3 is 0 Å². The predicted molar refractivity (Wildman–Crippen MR) is 62.3 cm³/mol. The van der Waals surface area contributed by atoms with Crippen molar-refractivity contribution in [2.45, 2.75) is 53.4 Å². The SMILES string of the molecule is CCCCC1C(C)=NNC(C)=C1CC. The molecule has 0 saturated carbocycles. The Labute approximate surface area is 87.5 Å². The first-order valence-corrected chi connectivity index (χ1v) is 5.70. The zero-order valence-electron chi connectivity index (χ0n) is 9.85. The van der Waals surface area contributed by atoms with E-state index >= 15 is 0 Å². The molecule has 1 atom stereocenters. The molecule has 0 fully saturated rings. The summed E-state index contributed by atoms with van der Waals surface area (Å²) in [4.78, 5) is 0. The van der Waals surface area contributed by atoms with Crippen molar-refractivity contribution in [1.29, 1.82) is 0 Å². The lowest BCUT2D eigenvalue weighted by Crippen LogP contribution is -2.25. The fourth-order valence-corrected chi connectivity index (χ4v) is 2.14. The maximum Gasteiger partial charge on any atom is 0.0423 e. The normalized spacial score (nSPS) is 22.0. The largest absolute Gasteiger partial charge is 0.283 e. The molecule has 0 aliphatic carbocycles. The Balaban J connectivity index is 2.74. The van der Waals surface area contributed by atoms with E-state index in [-0.39, 0.29) is 0 Å². The summed E-state index contributed by atoms with van der Waals surface area (Å²) in [5.41, 5.74) is 7.17. The van der Waals surface area contributed by atoms with Crippen molar-refractivity contribution in [2.24, 2.45) is 11.0 Å². The van der Waals surface area contributed by atoms with Gasteiger partial charge in [0.05, 0.1) is 0 Å². The molecule has 80 valence electrons. The van der Waals surface area contributed by atoms with Crippen LogP contribution in [-0.2, 0) is 0 Å². The second kappa shape index (κ2) is 5.18. The molecule has 0 aromatic rings. The third-order valence-electron chi connectivity index (χ3n) is 3.03. The molecule has 2 nitrogen and oxygen atoms in total. The van der Waals surface area contributed by atoms with Gasteiger partial charge in [0.1, 0.15) is 0 Å². The van der Waals surface area contributed by atoms with Gasteiger partial charge in [0, 0.05) is 17.3 Å². The van der Waals surface area contributed by atoms with Crippen LogP contribution in [0.5, 0.6) is 0 Å². The van der Waals surface area contributed by atoms with Crippen molar-refractivity contribution in [3.8, 4) is 0 Å². The van der Waals surface area contributed by atoms with Crippen LogP contribution < -0.4 is 5.43 Å². The third-order valence-corrected chi connectivity index (χ3v) is 3.03. The highest BCUT2D eigenvalue weighted by molar-refractivity contribution is 5.87.